The number of rotatable bonds is 3. The molecule has 0 radical (unpaired) electrons. The van der Waals surface area contributed by atoms with E-state index in [9.17, 15) is 4.79 Å². The molecule has 96 valence electrons. The molecule has 0 spiro atoms. The maximum Gasteiger partial charge on any atom is 0.243 e. The zero-order valence-electron chi connectivity index (χ0n) is 9.64. The van der Waals surface area contributed by atoms with E-state index >= 15 is 0 Å². The van der Waals surface area contributed by atoms with Crippen molar-refractivity contribution in [1.29, 1.82) is 0 Å². The van der Waals surface area contributed by atoms with Crippen LogP contribution in [-0.4, -0.2) is 11.6 Å². The van der Waals surface area contributed by atoms with E-state index in [0.29, 0.717) is 26.3 Å². The van der Waals surface area contributed by atoms with Crippen molar-refractivity contribution in [3.63, 3.8) is 0 Å². The molecule has 1 amide bonds. The molecule has 3 nitrogen and oxygen atoms in total. The van der Waals surface area contributed by atoms with Crippen LogP contribution in [0, 0.1) is 5.92 Å². The van der Waals surface area contributed by atoms with Crippen molar-refractivity contribution in [3.8, 4) is 0 Å². The van der Waals surface area contributed by atoms with Gasteiger partial charge in [0.1, 0.15) is 0 Å². The van der Waals surface area contributed by atoms with Crippen LogP contribution in [0.5, 0.6) is 0 Å². The summed E-state index contributed by atoms with van der Waals surface area (Å²) in [6.07, 6.45) is 1.88. The van der Waals surface area contributed by atoms with Gasteiger partial charge >= 0.3 is 0 Å². The van der Waals surface area contributed by atoms with Gasteiger partial charge in [-0.3, -0.25) is 4.79 Å². The quantitative estimate of drug-likeness (QED) is 0.513. The lowest BCUT2D eigenvalue weighted by Crippen LogP contribution is -2.20. The summed E-state index contributed by atoms with van der Waals surface area (Å²) in [5, 5.41) is 5.04. The molecule has 1 aliphatic rings. The van der Waals surface area contributed by atoms with Crippen molar-refractivity contribution in [1.82, 2.24) is 5.43 Å². The topological polar surface area (TPSA) is 41.5 Å². The van der Waals surface area contributed by atoms with Crippen molar-refractivity contribution in [2.24, 2.45) is 11.0 Å². The van der Waals surface area contributed by atoms with Crippen LogP contribution in [0.4, 0.5) is 0 Å². The highest BCUT2D eigenvalue weighted by atomic mass is 35.5. The Kier molecular flexibility index (Phi) is 4.15. The van der Waals surface area contributed by atoms with E-state index in [1.54, 1.807) is 19.1 Å². The van der Waals surface area contributed by atoms with Crippen molar-refractivity contribution in [2.75, 3.05) is 0 Å². The average molecular weight is 306 g/mol. The van der Waals surface area contributed by atoms with Gasteiger partial charge in [-0.05, 0) is 25.8 Å². The summed E-state index contributed by atoms with van der Waals surface area (Å²) >= 11 is 17.9. The third kappa shape index (κ3) is 2.97. The lowest BCUT2D eigenvalue weighted by Gasteiger charge is -2.07. The Hall–Kier alpha value is -0.770. The summed E-state index contributed by atoms with van der Waals surface area (Å²) in [4.78, 5) is 11.4. The summed E-state index contributed by atoms with van der Waals surface area (Å²) in [6, 6.07) is 3.37. The van der Waals surface area contributed by atoms with Gasteiger partial charge in [-0.15, -0.1) is 0 Å². The fourth-order valence-electron chi connectivity index (χ4n) is 1.44. The molecule has 0 heterocycles. The molecule has 6 heteroatoms. The van der Waals surface area contributed by atoms with Crippen LogP contribution >= 0.6 is 34.8 Å². The Morgan fingerprint density at radius 3 is 2.56 bits per heavy atom. The first-order valence-electron chi connectivity index (χ1n) is 5.48. The number of carbonyl (C=O) groups is 1. The maximum atomic E-state index is 11.4. The highest BCUT2D eigenvalue weighted by molar-refractivity contribution is 6.49. The van der Waals surface area contributed by atoms with Crippen molar-refractivity contribution in [3.05, 3.63) is 32.8 Å². The van der Waals surface area contributed by atoms with Crippen LogP contribution in [0.3, 0.4) is 0 Å². The number of hydrogen-bond donors (Lipinski definition) is 1. The van der Waals surface area contributed by atoms with Gasteiger partial charge in [0, 0.05) is 11.5 Å². The first kappa shape index (κ1) is 13.7. The van der Waals surface area contributed by atoms with Crippen LogP contribution in [-0.2, 0) is 4.79 Å². The molecular weight excluding hydrogens is 295 g/mol. The molecule has 1 fully saturated rings. The molecule has 1 aliphatic carbocycles. The Labute approximate surface area is 120 Å². The van der Waals surface area contributed by atoms with Crippen molar-refractivity contribution >= 4 is 46.4 Å². The fourth-order valence-corrected chi connectivity index (χ4v) is 2.11. The lowest BCUT2D eigenvalue weighted by atomic mass is 10.1. The van der Waals surface area contributed by atoms with Gasteiger partial charge in [0.15, 0.2) is 0 Å². The molecule has 1 saturated carbocycles. The molecule has 0 aliphatic heterocycles. The van der Waals surface area contributed by atoms with Gasteiger partial charge < -0.3 is 0 Å². The SMILES string of the molecule is C/C(=N/NC(=O)C1CC1)c1ccc(Cl)c(Cl)c1Cl. The van der Waals surface area contributed by atoms with E-state index in [0.717, 1.165) is 12.8 Å². The zero-order valence-corrected chi connectivity index (χ0v) is 11.9. The van der Waals surface area contributed by atoms with Crippen LogP contribution in [0.2, 0.25) is 15.1 Å². The second kappa shape index (κ2) is 5.47. The Morgan fingerprint density at radius 1 is 1.28 bits per heavy atom. The summed E-state index contributed by atoms with van der Waals surface area (Å²) in [5.41, 5.74) is 3.76. The highest BCUT2D eigenvalue weighted by Gasteiger charge is 2.29. The second-order valence-corrected chi connectivity index (χ2v) is 5.33. The minimum atomic E-state index is -0.0504. The first-order valence-corrected chi connectivity index (χ1v) is 6.62. The number of carbonyl (C=O) groups excluding carboxylic acids is 1. The molecule has 1 aromatic carbocycles. The molecular formula is C12H11Cl3N2O. The number of hydrogen-bond acceptors (Lipinski definition) is 2. The standard InChI is InChI=1S/C12H11Cl3N2O/c1-6(16-17-12(18)7-2-3-7)8-4-5-9(13)11(15)10(8)14/h4-5,7H,2-3H2,1H3,(H,17,18)/b16-6-. The Bertz CT molecular complexity index is 524. The molecule has 0 aromatic heterocycles. The monoisotopic (exact) mass is 304 g/mol. The minimum Gasteiger partial charge on any atom is -0.273 e. The van der Waals surface area contributed by atoms with Gasteiger partial charge in [0.05, 0.1) is 20.8 Å². The molecule has 0 bridgehead atoms. The normalized spacial score (nSPS) is 15.7. The predicted octanol–water partition coefficient (Wildman–Crippen LogP) is 3.90. The van der Waals surface area contributed by atoms with Crippen LogP contribution in [0.15, 0.2) is 17.2 Å². The number of halogens is 3. The van der Waals surface area contributed by atoms with Gasteiger partial charge in [-0.25, -0.2) is 5.43 Å². The third-order valence-corrected chi connectivity index (χ3v) is 4.00. The van der Waals surface area contributed by atoms with E-state index in [2.05, 4.69) is 10.5 Å². The Morgan fingerprint density at radius 2 is 1.94 bits per heavy atom. The van der Waals surface area contributed by atoms with Gasteiger partial charge in [0.25, 0.3) is 0 Å². The second-order valence-electron chi connectivity index (χ2n) is 4.17. The maximum absolute atomic E-state index is 11.4. The van der Waals surface area contributed by atoms with Crippen LogP contribution in [0.25, 0.3) is 0 Å². The summed E-state index contributed by atoms with van der Waals surface area (Å²) in [5.74, 6) is 0.0661. The highest BCUT2D eigenvalue weighted by Crippen LogP contribution is 2.33. The molecule has 18 heavy (non-hydrogen) atoms. The molecule has 2 rings (SSSR count). The average Bonchev–Trinajstić information content (AvgIpc) is 3.17. The molecule has 0 atom stereocenters. The summed E-state index contributed by atoms with van der Waals surface area (Å²) in [6.45, 7) is 1.75. The summed E-state index contributed by atoms with van der Waals surface area (Å²) in [7, 11) is 0. The number of benzene rings is 1. The van der Waals surface area contributed by atoms with Crippen LogP contribution < -0.4 is 5.43 Å². The predicted molar refractivity (Wildman–Crippen MR) is 74.5 cm³/mol. The minimum absolute atomic E-state index is 0.0504. The number of amides is 1. The van der Waals surface area contributed by atoms with Crippen molar-refractivity contribution in [2.45, 2.75) is 19.8 Å². The van der Waals surface area contributed by atoms with Crippen molar-refractivity contribution < 1.29 is 4.79 Å². The van der Waals surface area contributed by atoms with Gasteiger partial charge in [-0.2, -0.15) is 5.10 Å². The molecule has 1 N–H and O–H groups in total. The zero-order chi connectivity index (χ0) is 13.3. The van der Waals surface area contributed by atoms with E-state index < -0.39 is 0 Å². The molecule has 0 saturated heterocycles. The fraction of sp³-hybridized carbons (Fsp3) is 0.333. The third-order valence-electron chi connectivity index (χ3n) is 2.71. The van der Waals surface area contributed by atoms with Gasteiger partial charge in [0.2, 0.25) is 5.91 Å². The van der Waals surface area contributed by atoms with E-state index in [1.165, 1.54) is 0 Å². The van der Waals surface area contributed by atoms with E-state index in [4.69, 9.17) is 34.8 Å². The largest absolute Gasteiger partial charge is 0.273 e. The van der Waals surface area contributed by atoms with Gasteiger partial charge in [-0.1, -0.05) is 40.9 Å². The van der Waals surface area contributed by atoms with E-state index in [-0.39, 0.29) is 11.8 Å². The number of nitrogens with zero attached hydrogens (tertiary/aromatic N) is 1. The number of nitrogens with one attached hydrogen (secondary N) is 1. The smallest absolute Gasteiger partial charge is 0.243 e. The Balaban J connectivity index is 2.17. The lowest BCUT2D eigenvalue weighted by molar-refractivity contribution is -0.122. The molecule has 1 aromatic rings. The summed E-state index contributed by atoms with van der Waals surface area (Å²) < 4.78 is 0. The first-order chi connectivity index (χ1) is 8.50. The van der Waals surface area contributed by atoms with Crippen LogP contribution in [0.1, 0.15) is 25.3 Å². The molecule has 0 unspecified atom stereocenters. The number of hydrazone groups is 1. The van der Waals surface area contributed by atoms with E-state index in [1.807, 2.05) is 0 Å².